The van der Waals surface area contributed by atoms with Gasteiger partial charge >= 0.3 is 0 Å². The first kappa shape index (κ1) is 17.2. The van der Waals surface area contributed by atoms with E-state index in [9.17, 15) is 8.42 Å². The maximum atomic E-state index is 12.5. The topological polar surface area (TPSA) is 58.6 Å². The van der Waals surface area contributed by atoms with Crippen LogP contribution < -0.4 is 5.32 Å². The quantitative estimate of drug-likeness (QED) is 0.836. The molecule has 7 heteroatoms. The number of hydrogen-bond donors (Lipinski definition) is 1. The predicted molar refractivity (Wildman–Crippen MR) is 78.2 cm³/mol. The van der Waals surface area contributed by atoms with Crippen molar-refractivity contribution in [3.05, 3.63) is 0 Å². The smallest absolute Gasteiger partial charge is 0.219 e. The Morgan fingerprint density at radius 1 is 1.32 bits per heavy atom. The van der Waals surface area contributed by atoms with Crippen LogP contribution in [0.5, 0.6) is 0 Å². The first-order chi connectivity index (χ1) is 8.64. The summed E-state index contributed by atoms with van der Waals surface area (Å²) in [6, 6.07) is 0. The van der Waals surface area contributed by atoms with E-state index in [4.69, 9.17) is 4.74 Å². The standard InChI is InChI=1S/C12H24N2O3S.ClH/c1-13-8-11-4-2-6-14(9-11)18(15,16)12-5-3-7-17-10-12;/h11-13H,2-10H2,1H3;1H. The molecule has 0 spiro atoms. The summed E-state index contributed by atoms with van der Waals surface area (Å²) in [5.41, 5.74) is 0. The number of ether oxygens (including phenoxy) is 1. The second kappa shape index (κ2) is 7.78. The van der Waals surface area contributed by atoms with E-state index in [0.717, 1.165) is 32.2 Å². The molecular formula is C12H25ClN2O3S. The van der Waals surface area contributed by atoms with Crippen molar-refractivity contribution < 1.29 is 13.2 Å². The molecule has 2 heterocycles. The van der Waals surface area contributed by atoms with Gasteiger partial charge in [-0.25, -0.2) is 12.7 Å². The molecule has 19 heavy (non-hydrogen) atoms. The Kier molecular flexibility index (Phi) is 7.04. The highest BCUT2D eigenvalue weighted by atomic mass is 35.5. The Balaban J connectivity index is 0.00000180. The summed E-state index contributed by atoms with van der Waals surface area (Å²) in [7, 11) is -1.24. The third kappa shape index (κ3) is 4.29. The van der Waals surface area contributed by atoms with Crippen molar-refractivity contribution in [3.63, 3.8) is 0 Å². The third-order valence-electron chi connectivity index (χ3n) is 3.87. The van der Waals surface area contributed by atoms with Crippen LogP contribution in [-0.2, 0) is 14.8 Å². The van der Waals surface area contributed by atoms with E-state index in [2.05, 4.69) is 5.32 Å². The van der Waals surface area contributed by atoms with Crippen molar-refractivity contribution >= 4 is 22.4 Å². The average Bonchev–Trinajstić information content (AvgIpc) is 2.40. The number of piperidine rings is 1. The zero-order valence-electron chi connectivity index (χ0n) is 11.5. The molecule has 2 saturated heterocycles. The number of rotatable bonds is 4. The summed E-state index contributed by atoms with van der Waals surface area (Å²) in [4.78, 5) is 0. The van der Waals surface area contributed by atoms with Gasteiger partial charge in [0.1, 0.15) is 0 Å². The summed E-state index contributed by atoms with van der Waals surface area (Å²) < 4.78 is 32.0. The van der Waals surface area contributed by atoms with Crippen LogP contribution in [0.25, 0.3) is 0 Å². The molecule has 2 aliphatic rings. The van der Waals surface area contributed by atoms with Crippen molar-refractivity contribution in [2.24, 2.45) is 5.92 Å². The second-order valence-corrected chi connectivity index (χ2v) is 7.52. The van der Waals surface area contributed by atoms with Gasteiger partial charge in [0.05, 0.1) is 11.9 Å². The second-order valence-electron chi connectivity index (χ2n) is 5.31. The minimum atomic E-state index is -3.16. The van der Waals surface area contributed by atoms with Gasteiger partial charge in [0.2, 0.25) is 10.0 Å². The van der Waals surface area contributed by atoms with Gasteiger partial charge in [-0.15, -0.1) is 12.4 Å². The first-order valence-corrected chi connectivity index (χ1v) is 8.36. The molecule has 2 fully saturated rings. The fourth-order valence-corrected chi connectivity index (χ4v) is 4.83. The van der Waals surface area contributed by atoms with Crippen molar-refractivity contribution in [1.29, 1.82) is 0 Å². The monoisotopic (exact) mass is 312 g/mol. The molecule has 0 radical (unpaired) electrons. The van der Waals surface area contributed by atoms with Crippen molar-refractivity contribution in [3.8, 4) is 0 Å². The van der Waals surface area contributed by atoms with Gasteiger partial charge in [-0.05, 0) is 45.2 Å². The molecule has 2 aliphatic heterocycles. The van der Waals surface area contributed by atoms with Crippen LogP contribution in [-0.4, -0.2) is 57.9 Å². The van der Waals surface area contributed by atoms with Gasteiger partial charge in [0.25, 0.3) is 0 Å². The predicted octanol–water partition coefficient (Wildman–Crippen LogP) is 0.848. The lowest BCUT2D eigenvalue weighted by molar-refractivity contribution is 0.0967. The van der Waals surface area contributed by atoms with Gasteiger partial charge in [-0.3, -0.25) is 0 Å². The van der Waals surface area contributed by atoms with Crippen LogP contribution in [0.2, 0.25) is 0 Å². The van der Waals surface area contributed by atoms with Crippen molar-refractivity contribution in [1.82, 2.24) is 9.62 Å². The molecule has 0 aromatic heterocycles. The Morgan fingerprint density at radius 3 is 2.74 bits per heavy atom. The van der Waals surface area contributed by atoms with E-state index in [1.165, 1.54) is 0 Å². The Bertz CT molecular complexity index is 356. The number of hydrogen-bond acceptors (Lipinski definition) is 4. The summed E-state index contributed by atoms with van der Waals surface area (Å²) in [5.74, 6) is 0.447. The molecule has 0 amide bonds. The van der Waals surface area contributed by atoms with E-state index in [1.54, 1.807) is 4.31 Å². The van der Waals surface area contributed by atoms with Gasteiger partial charge in [0, 0.05) is 19.7 Å². The zero-order chi connectivity index (χ0) is 13.0. The highest BCUT2D eigenvalue weighted by Crippen LogP contribution is 2.24. The number of nitrogens with one attached hydrogen (secondary N) is 1. The molecule has 0 saturated carbocycles. The maximum Gasteiger partial charge on any atom is 0.219 e. The molecule has 2 atom stereocenters. The lowest BCUT2D eigenvalue weighted by Gasteiger charge is -2.35. The molecule has 0 aromatic rings. The Morgan fingerprint density at radius 2 is 2.11 bits per heavy atom. The molecule has 5 nitrogen and oxygen atoms in total. The molecule has 2 rings (SSSR count). The lowest BCUT2D eigenvalue weighted by atomic mass is 10.00. The van der Waals surface area contributed by atoms with E-state index in [-0.39, 0.29) is 17.7 Å². The summed E-state index contributed by atoms with van der Waals surface area (Å²) in [6.45, 7) is 3.32. The number of nitrogens with zero attached hydrogens (tertiary/aromatic N) is 1. The summed E-state index contributed by atoms with van der Waals surface area (Å²) in [5, 5.41) is 2.82. The Hall–Kier alpha value is 0.120. The minimum absolute atomic E-state index is 0. The number of sulfonamides is 1. The summed E-state index contributed by atoms with van der Waals surface area (Å²) >= 11 is 0. The van der Waals surface area contributed by atoms with E-state index in [1.807, 2.05) is 7.05 Å². The highest BCUT2D eigenvalue weighted by Gasteiger charge is 2.36. The van der Waals surface area contributed by atoms with Gasteiger partial charge in [0.15, 0.2) is 0 Å². The van der Waals surface area contributed by atoms with Crippen LogP contribution in [0.1, 0.15) is 25.7 Å². The van der Waals surface area contributed by atoms with Gasteiger partial charge in [-0.2, -0.15) is 0 Å². The normalized spacial score (nSPS) is 29.7. The van der Waals surface area contributed by atoms with Crippen LogP contribution in [0.15, 0.2) is 0 Å². The van der Waals surface area contributed by atoms with Crippen LogP contribution in [0.4, 0.5) is 0 Å². The minimum Gasteiger partial charge on any atom is -0.380 e. The molecule has 1 N–H and O–H groups in total. The Labute approximate surface area is 122 Å². The molecule has 114 valence electrons. The highest BCUT2D eigenvalue weighted by molar-refractivity contribution is 7.89. The molecule has 0 aliphatic carbocycles. The molecule has 2 unspecified atom stereocenters. The van der Waals surface area contributed by atoms with Crippen LogP contribution in [0, 0.1) is 5.92 Å². The average molecular weight is 313 g/mol. The molecule has 0 aromatic carbocycles. The lowest BCUT2D eigenvalue weighted by Crippen LogP contribution is -2.48. The van der Waals surface area contributed by atoms with Crippen molar-refractivity contribution in [2.75, 3.05) is 39.9 Å². The van der Waals surface area contributed by atoms with Gasteiger partial charge < -0.3 is 10.1 Å². The number of halogens is 1. The van der Waals surface area contributed by atoms with E-state index in [0.29, 0.717) is 32.2 Å². The SMILES string of the molecule is CNCC1CCCN(S(=O)(=O)C2CCCOC2)C1.Cl. The van der Waals surface area contributed by atoms with Crippen LogP contribution in [0.3, 0.4) is 0 Å². The fraction of sp³-hybridized carbons (Fsp3) is 1.00. The first-order valence-electron chi connectivity index (χ1n) is 6.86. The largest absolute Gasteiger partial charge is 0.380 e. The third-order valence-corrected chi connectivity index (χ3v) is 6.14. The zero-order valence-corrected chi connectivity index (χ0v) is 13.1. The van der Waals surface area contributed by atoms with Crippen molar-refractivity contribution in [2.45, 2.75) is 30.9 Å². The fourth-order valence-electron chi connectivity index (χ4n) is 2.87. The van der Waals surface area contributed by atoms with Gasteiger partial charge in [-0.1, -0.05) is 0 Å². The maximum absolute atomic E-state index is 12.5. The van der Waals surface area contributed by atoms with E-state index >= 15 is 0 Å². The summed E-state index contributed by atoms with van der Waals surface area (Å²) in [6.07, 6.45) is 3.69. The van der Waals surface area contributed by atoms with E-state index < -0.39 is 10.0 Å². The molecule has 0 bridgehead atoms. The molecular weight excluding hydrogens is 288 g/mol. The van der Waals surface area contributed by atoms with Crippen LogP contribution >= 0.6 is 12.4 Å².